The molecule has 7 nitrogen and oxygen atoms in total. The maximum Gasteiger partial charge on any atom is 0.266 e. The summed E-state index contributed by atoms with van der Waals surface area (Å²) in [5.41, 5.74) is 3.04. The molecule has 0 radical (unpaired) electrons. The molecule has 2 aromatic heterocycles. The van der Waals surface area contributed by atoms with Crippen molar-refractivity contribution >= 4 is 23.2 Å². The summed E-state index contributed by atoms with van der Waals surface area (Å²) in [7, 11) is 1.90. The Hall–Kier alpha value is -2.22. The van der Waals surface area contributed by atoms with E-state index in [2.05, 4.69) is 17.0 Å². The first-order valence-electron chi connectivity index (χ1n) is 9.91. The van der Waals surface area contributed by atoms with Gasteiger partial charge in [0.05, 0.1) is 28.9 Å². The second-order valence-electron chi connectivity index (χ2n) is 7.98. The zero-order valence-electron chi connectivity index (χ0n) is 16.7. The molecule has 150 valence electrons. The van der Waals surface area contributed by atoms with Gasteiger partial charge in [-0.2, -0.15) is 5.10 Å². The number of hydrogen-bond donors (Lipinski definition) is 0. The van der Waals surface area contributed by atoms with Gasteiger partial charge >= 0.3 is 0 Å². The van der Waals surface area contributed by atoms with E-state index in [0.29, 0.717) is 18.0 Å². The van der Waals surface area contributed by atoms with Crippen LogP contribution >= 0.6 is 11.3 Å². The molecule has 0 unspecified atom stereocenters. The zero-order valence-corrected chi connectivity index (χ0v) is 17.5. The lowest BCUT2D eigenvalue weighted by Gasteiger charge is -2.51. The molecular weight excluding hydrogens is 374 g/mol. The molecule has 2 amide bonds. The normalized spacial score (nSPS) is 25.5. The molecule has 0 bridgehead atoms. The summed E-state index contributed by atoms with van der Waals surface area (Å²) in [4.78, 5) is 35.6. The minimum absolute atomic E-state index is 0.0168. The SMILES string of the molecule is Cc1ncsc1C(=O)N1CCC[C@@]2(CCCN(Cc3ccnn3C)C2=O)[C@H]1C. The third-order valence-electron chi connectivity index (χ3n) is 6.53. The van der Waals surface area contributed by atoms with Crippen molar-refractivity contribution in [3.05, 3.63) is 34.0 Å². The van der Waals surface area contributed by atoms with Crippen molar-refractivity contribution in [1.82, 2.24) is 24.6 Å². The highest BCUT2D eigenvalue weighted by atomic mass is 32.1. The number of carbonyl (C=O) groups is 2. The highest BCUT2D eigenvalue weighted by Crippen LogP contribution is 2.45. The van der Waals surface area contributed by atoms with Gasteiger partial charge in [0.2, 0.25) is 5.91 Å². The Bertz CT molecular complexity index is 887. The largest absolute Gasteiger partial charge is 0.336 e. The van der Waals surface area contributed by atoms with Crippen molar-refractivity contribution in [3.63, 3.8) is 0 Å². The minimum atomic E-state index is -0.483. The van der Waals surface area contributed by atoms with E-state index in [1.165, 1.54) is 11.3 Å². The van der Waals surface area contributed by atoms with E-state index in [1.807, 2.05) is 34.5 Å². The van der Waals surface area contributed by atoms with E-state index >= 15 is 0 Å². The molecule has 4 heterocycles. The summed E-state index contributed by atoms with van der Waals surface area (Å²) in [6.45, 7) is 5.97. The third kappa shape index (κ3) is 3.03. The molecule has 2 fully saturated rings. The van der Waals surface area contributed by atoms with E-state index in [9.17, 15) is 9.59 Å². The average Bonchev–Trinajstić information content (AvgIpc) is 3.29. The van der Waals surface area contributed by atoms with Crippen LogP contribution in [0.5, 0.6) is 0 Å². The van der Waals surface area contributed by atoms with Gasteiger partial charge in [-0.25, -0.2) is 4.98 Å². The Balaban J connectivity index is 1.58. The lowest BCUT2D eigenvalue weighted by atomic mass is 9.67. The Morgan fingerprint density at radius 3 is 2.71 bits per heavy atom. The molecule has 0 aliphatic carbocycles. The highest BCUT2D eigenvalue weighted by Gasteiger charge is 2.52. The molecule has 28 heavy (non-hydrogen) atoms. The maximum atomic E-state index is 13.6. The Kier molecular flexibility index (Phi) is 4.99. The van der Waals surface area contributed by atoms with E-state index < -0.39 is 5.41 Å². The molecule has 0 saturated carbocycles. The van der Waals surface area contributed by atoms with Crippen molar-refractivity contribution in [3.8, 4) is 0 Å². The number of likely N-dealkylation sites (tertiary alicyclic amines) is 2. The predicted molar refractivity (Wildman–Crippen MR) is 107 cm³/mol. The first-order valence-corrected chi connectivity index (χ1v) is 10.8. The molecule has 0 N–H and O–H groups in total. The zero-order chi connectivity index (χ0) is 19.9. The van der Waals surface area contributed by atoms with Crippen LogP contribution in [0.25, 0.3) is 0 Å². The number of nitrogens with zero attached hydrogens (tertiary/aromatic N) is 5. The van der Waals surface area contributed by atoms with Gasteiger partial charge in [0.25, 0.3) is 5.91 Å². The Morgan fingerprint density at radius 1 is 1.32 bits per heavy atom. The fraction of sp³-hybridized carbons (Fsp3) is 0.600. The van der Waals surface area contributed by atoms with Crippen molar-refractivity contribution in [1.29, 1.82) is 0 Å². The van der Waals surface area contributed by atoms with Crippen LogP contribution in [0.2, 0.25) is 0 Å². The van der Waals surface area contributed by atoms with Crippen molar-refractivity contribution in [2.24, 2.45) is 12.5 Å². The topological polar surface area (TPSA) is 71.3 Å². The molecule has 8 heteroatoms. The van der Waals surface area contributed by atoms with Crippen LogP contribution in [0, 0.1) is 12.3 Å². The summed E-state index contributed by atoms with van der Waals surface area (Å²) in [6, 6.07) is 1.85. The number of thiazole rings is 1. The number of aryl methyl sites for hydroxylation is 2. The van der Waals surface area contributed by atoms with Crippen molar-refractivity contribution < 1.29 is 9.59 Å². The number of piperidine rings is 2. The number of carbonyl (C=O) groups excluding carboxylic acids is 2. The van der Waals surface area contributed by atoms with Gasteiger partial charge in [-0.15, -0.1) is 11.3 Å². The van der Waals surface area contributed by atoms with E-state index in [4.69, 9.17) is 0 Å². The fourth-order valence-electron chi connectivity index (χ4n) is 4.81. The van der Waals surface area contributed by atoms with Crippen LogP contribution in [-0.2, 0) is 18.4 Å². The minimum Gasteiger partial charge on any atom is -0.336 e. The number of amides is 2. The molecule has 1 spiro atoms. The molecule has 2 atom stereocenters. The molecule has 2 saturated heterocycles. The summed E-state index contributed by atoms with van der Waals surface area (Å²) < 4.78 is 1.82. The molecule has 0 aromatic carbocycles. The van der Waals surface area contributed by atoms with Crippen LogP contribution in [-0.4, -0.2) is 55.5 Å². The Morgan fingerprint density at radius 2 is 2.07 bits per heavy atom. The van der Waals surface area contributed by atoms with Crippen LogP contribution in [0.4, 0.5) is 0 Å². The fourth-order valence-corrected chi connectivity index (χ4v) is 5.57. The van der Waals surface area contributed by atoms with Crippen LogP contribution < -0.4 is 0 Å². The standard InChI is InChI=1S/C20H27N5O2S/c1-14-17(28-13-21-14)18(26)25-11-5-8-20(15(25)2)7-4-10-24(19(20)27)12-16-6-9-22-23(16)3/h6,9,13,15H,4-5,7-8,10-12H2,1-3H3/t15-,20+/m1/s1. The average molecular weight is 402 g/mol. The van der Waals surface area contributed by atoms with Gasteiger partial charge in [0.15, 0.2) is 0 Å². The van der Waals surface area contributed by atoms with Gasteiger partial charge < -0.3 is 9.80 Å². The van der Waals surface area contributed by atoms with E-state index in [0.717, 1.165) is 43.6 Å². The lowest BCUT2D eigenvalue weighted by molar-refractivity contribution is -0.154. The van der Waals surface area contributed by atoms with Crippen molar-refractivity contribution in [2.45, 2.75) is 52.1 Å². The van der Waals surface area contributed by atoms with Gasteiger partial charge in [0.1, 0.15) is 4.88 Å². The number of rotatable bonds is 3. The summed E-state index contributed by atoms with van der Waals surface area (Å²) in [5, 5.41) is 4.22. The smallest absolute Gasteiger partial charge is 0.266 e. The second-order valence-corrected chi connectivity index (χ2v) is 8.83. The van der Waals surface area contributed by atoms with Gasteiger partial charge in [-0.1, -0.05) is 0 Å². The van der Waals surface area contributed by atoms with E-state index in [-0.39, 0.29) is 17.9 Å². The van der Waals surface area contributed by atoms with Crippen molar-refractivity contribution in [2.75, 3.05) is 13.1 Å². The molecular formula is C20H27N5O2S. The second kappa shape index (κ2) is 7.31. The summed E-state index contributed by atoms with van der Waals surface area (Å²) >= 11 is 1.39. The highest BCUT2D eigenvalue weighted by molar-refractivity contribution is 7.11. The summed E-state index contributed by atoms with van der Waals surface area (Å²) in [6.07, 6.45) is 5.29. The van der Waals surface area contributed by atoms with Gasteiger partial charge in [0, 0.05) is 32.4 Å². The maximum absolute atomic E-state index is 13.6. The number of aromatic nitrogens is 3. The number of hydrogen-bond acceptors (Lipinski definition) is 5. The predicted octanol–water partition coefficient (Wildman–Crippen LogP) is 2.62. The molecule has 2 aliphatic heterocycles. The molecule has 2 aromatic rings. The quantitative estimate of drug-likeness (QED) is 0.793. The van der Waals surface area contributed by atoms with Crippen LogP contribution in [0.1, 0.15) is 53.7 Å². The molecule has 2 aliphatic rings. The van der Waals surface area contributed by atoms with Gasteiger partial charge in [-0.05, 0) is 45.6 Å². The van der Waals surface area contributed by atoms with E-state index in [1.54, 1.807) is 11.7 Å². The van der Waals surface area contributed by atoms with Crippen LogP contribution in [0.3, 0.4) is 0 Å². The Labute approximate surface area is 169 Å². The lowest BCUT2D eigenvalue weighted by Crippen LogP contribution is -2.61. The first kappa shape index (κ1) is 19.1. The van der Waals surface area contributed by atoms with Crippen LogP contribution in [0.15, 0.2) is 17.8 Å². The molecule has 4 rings (SSSR count). The first-order chi connectivity index (χ1) is 13.4. The van der Waals surface area contributed by atoms with Gasteiger partial charge in [-0.3, -0.25) is 14.3 Å². The monoisotopic (exact) mass is 401 g/mol. The summed E-state index contributed by atoms with van der Waals surface area (Å²) in [5.74, 6) is 0.203. The third-order valence-corrected chi connectivity index (χ3v) is 7.45.